The highest BCUT2D eigenvalue weighted by Crippen LogP contribution is 2.31. The van der Waals surface area contributed by atoms with Gasteiger partial charge in [-0.1, -0.05) is 18.2 Å². The highest BCUT2D eigenvalue weighted by molar-refractivity contribution is 6.07. The molecule has 1 aromatic heterocycles. The minimum atomic E-state index is -0.380. The van der Waals surface area contributed by atoms with Crippen LogP contribution in [0.5, 0.6) is 11.5 Å². The summed E-state index contributed by atoms with van der Waals surface area (Å²) in [7, 11) is 4.67. The van der Waals surface area contributed by atoms with Crippen molar-refractivity contribution in [1.82, 2.24) is 0 Å². The Morgan fingerprint density at radius 3 is 2.60 bits per heavy atom. The summed E-state index contributed by atoms with van der Waals surface area (Å²) in [5.74, 6) is 0.971. The molecule has 0 saturated heterocycles. The predicted octanol–water partition coefficient (Wildman–Crippen LogP) is 3.85. The van der Waals surface area contributed by atoms with E-state index in [1.165, 1.54) is 7.11 Å². The Morgan fingerprint density at radius 2 is 1.88 bits per heavy atom. The molecule has 0 bridgehead atoms. The van der Waals surface area contributed by atoms with E-state index in [0.29, 0.717) is 28.3 Å². The van der Waals surface area contributed by atoms with E-state index in [4.69, 9.17) is 18.6 Å². The van der Waals surface area contributed by atoms with Crippen LogP contribution in [0.25, 0.3) is 11.0 Å². The first-order chi connectivity index (χ1) is 12.2. The fourth-order valence-corrected chi connectivity index (χ4v) is 2.66. The lowest BCUT2D eigenvalue weighted by Crippen LogP contribution is -2.14. The van der Waals surface area contributed by atoms with Gasteiger partial charge < -0.3 is 23.9 Å². The number of benzene rings is 2. The summed E-state index contributed by atoms with van der Waals surface area (Å²) in [6.07, 6.45) is 0. The monoisotopic (exact) mass is 341 g/mol. The molecule has 25 heavy (non-hydrogen) atoms. The van der Waals surface area contributed by atoms with Crippen molar-refractivity contribution >= 4 is 22.6 Å². The number of nitrogens with one attached hydrogen (secondary N) is 1. The average molecular weight is 341 g/mol. The Bertz CT molecular complexity index is 900. The molecular weight excluding hydrogens is 322 g/mol. The Labute approximate surface area is 145 Å². The quantitative estimate of drug-likeness (QED) is 0.737. The van der Waals surface area contributed by atoms with Crippen LogP contribution in [0.15, 0.2) is 46.9 Å². The topological polar surface area (TPSA) is 69.9 Å². The van der Waals surface area contributed by atoms with Gasteiger partial charge in [0.2, 0.25) is 0 Å². The van der Waals surface area contributed by atoms with E-state index < -0.39 is 0 Å². The highest BCUT2D eigenvalue weighted by Gasteiger charge is 2.21. The van der Waals surface area contributed by atoms with Gasteiger partial charge in [0.25, 0.3) is 5.91 Å². The van der Waals surface area contributed by atoms with Gasteiger partial charge >= 0.3 is 0 Å². The van der Waals surface area contributed by atoms with Crippen LogP contribution in [0.1, 0.15) is 16.1 Å². The number of ether oxygens (including phenoxy) is 3. The number of amides is 1. The second-order valence-electron chi connectivity index (χ2n) is 5.36. The molecule has 3 rings (SSSR count). The minimum absolute atomic E-state index is 0.216. The number of carbonyl (C=O) groups is 1. The SMILES string of the molecule is COCc1c(C(=O)Nc2cc(OC)ccc2OC)oc2ccccc12. The number of hydrogen-bond donors (Lipinski definition) is 1. The van der Waals surface area contributed by atoms with Crippen molar-refractivity contribution in [3.63, 3.8) is 0 Å². The first-order valence-electron chi connectivity index (χ1n) is 7.70. The standard InChI is InChI=1S/C19H19NO5/c1-22-11-14-13-6-4-5-7-16(13)25-18(14)19(21)20-15-10-12(23-2)8-9-17(15)24-3/h4-10H,11H2,1-3H3,(H,20,21). The zero-order valence-corrected chi connectivity index (χ0v) is 14.3. The van der Waals surface area contributed by atoms with Gasteiger partial charge in [0.15, 0.2) is 5.76 Å². The lowest BCUT2D eigenvalue weighted by Gasteiger charge is -2.11. The molecule has 2 aromatic carbocycles. The summed E-state index contributed by atoms with van der Waals surface area (Å²) in [4.78, 5) is 12.8. The Balaban J connectivity index is 1.99. The maximum absolute atomic E-state index is 12.8. The third kappa shape index (κ3) is 3.29. The second kappa shape index (κ2) is 7.27. The van der Waals surface area contributed by atoms with Crippen molar-refractivity contribution < 1.29 is 23.4 Å². The molecule has 1 amide bonds. The summed E-state index contributed by atoms with van der Waals surface area (Å²) in [5.41, 5.74) is 1.84. The molecular formula is C19H19NO5. The highest BCUT2D eigenvalue weighted by atomic mass is 16.5. The van der Waals surface area contributed by atoms with E-state index in [1.807, 2.05) is 24.3 Å². The van der Waals surface area contributed by atoms with Gasteiger partial charge in [-0.2, -0.15) is 0 Å². The summed E-state index contributed by atoms with van der Waals surface area (Å²) in [6, 6.07) is 12.6. The summed E-state index contributed by atoms with van der Waals surface area (Å²) >= 11 is 0. The van der Waals surface area contributed by atoms with Crippen molar-refractivity contribution in [3.8, 4) is 11.5 Å². The molecule has 0 unspecified atom stereocenters. The fraction of sp³-hybridized carbons (Fsp3) is 0.211. The smallest absolute Gasteiger partial charge is 0.291 e. The van der Waals surface area contributed by atoms with E-state index in [0.717, 1.165) is 5.39 Å². The van der Waals surface area contributed by atoms with Crippen LogP contribution < -0.4 is 14.8 Å². The molecule has 6 nitrogen and oxygen atoms in total. The summed E-state index contributed by atoms with van der Waals surface area (Å²) in [5, 5.41) is 3.67. The number of furan rings is 1. The van der Waals surface area contributed by atoms with Crippen LogP contribution in [0.3, 0.4) is 0 Å². The number of para-hydroxylation sites is 1. The van der Waals surface area contributed by atoms with Crippen LogP contribution in [0.2, 0.25) is 0 Å². The molecule has 6 heteroatoms. The molecule has 1 N–H and O–H groups in total. The molecule has 0 saturated carbocycles. The number of rotatable bonds is 6. The van der Waals surface area contributed by atoms with Crippen LogP contribution in [-0.4, -0.2) is 27.2 Å². The lowest BCUT2D eigenvalue weighted by molar-refractivity contribution is 0.0991. The summed E-state index contributed by atoms with van der Waals surface area (Å²) < 4.78 is 21.5. The maximum Gasteiger partial charge on any atom is 0.291 e. The minimum Gasteiger partial charge on any atom is -0.497 e. The van der Waals surface area contributed by atoms with Gasteiger partial charge in [-0.05, 0) is 18.2 Å². The number of hydrogen-bond acceptors (Lipinski definition) is 5. The Kier molecular flexibility index (Phi) is 4.90. The second-order valence-corrected chi connectivity index (χ2v) is 5.36. The van der Waals surface area contributed by atoms with E-state index in [9.17, 15) is 4.79 Å². The van der Waals surface area contributed by atoms with E-state index in [1.54, 1.807) is 32.4 Å². The van der Waals surface area contributed by atoms with Crippen LogP contribution >= 0.6 is 0 Å². The number of methoxy groups -OCH3 is 3. The average Bonchev–Trinajstić information content (AvgIpc) is 3.01. The molecule has 0 spiro atoms. The fourth-order valence-electron chi connectivity index (χ4n) is 2.66. The molecule has 0 aliphatic carbocycles. The van der Waals surface area contributed by atoms with Crippen molar-refractivity contribution in [3.05, 3.63) is 53.8 Å². The first kappa shape index (κ1) is 16.9. The summed E-state index contributed by atoms with van der Waals surface area (Å²) in [6.45, 7) is 0.273. The van der Waals surface area contributed by atoms with Gasteiger partial charge in [0.05, 0.1) is 26.5 Å². The van der Waals surface area contributed by atoms with Gasteiger partial charge in [-0.3, -0.25) is 4.79 Å². The molecule has 0 radical (unpaired) electrons. The zero-order chi connectivity index (χ0) is 17.8. The molecule has 0 aliphatic rings. The Hall–Kier alpha value is -2.99. The van der Waals surface area contributed by atoms with Crippen molar-refractivity contribution in [2.45, 2.75) is 6.61 Å². The number of carbonyl (C=O) groups excluding carboxylic acids is 1. The van der Waals surface area contributed by atoms with Crippen LogP contribution in [0, 0.1) is 0 Å². The van der Waals surface area contributed by atoms with Crippen molar-refractivity contribution in [2.24, 2.45) is 0 Å². The third-order valence-electron chi connectivity index (χ3n) is 3.85. The largest absolute Gasteiger partial charge is 0.497 e. The molecule has 1 heterocycles. The number of anilines is 1. The molecule has 0 aliphatic heterocycles. The zero-order valence-electron chi connectivity index (χ0n) is 14.3. The molecule has 0 fully saturated rings. The number of fused-ring (bicyclic) bond motifs is 1. The van der Waals surface area contributed by atoms with E-state index in [-0.39, 0.29) is 18.3 Å². The third-order valence-corrected chi connectivity index (χ3v) is 3.85. The van der Waals surface area contributed by atoms with Gasteiger partial charge in [0, 0.05) is 24.1 Å². The first-order valence-corrected chi connectivity index (χ1v) is 7.70. The Morgan fingerprint density at radius 1 is 1.08 bits per heavy atom. The predicted molar refractivity (Wildman–Crippen MR) is 94.4 cm³/mol. The van der Waals surface area contributed by atoms with Gasteiger partial charge in [-0.25, -0.2) is 0 Å². The lowest BCUT2D eigenvalue weighted by atomic mass is 10.1. The van der Waals surface area contributed by atoms with Gasteiger partial charge in [-0.15, -0.1) is 0 Å². The molecule has 0 atom stereocenters. The van der Waals surface area contributed by atoms with Gasteiger partial charge in [0.1, 0.15) is 17.1 Å². The van der Waals surface area contributed by atoms with E-state index in [2.05, 4.69) is 5.32 Å². The van der Waals surface area contributed by atoms with Crippen LogP contribution in [0.4, 0.5) is 5.69 Å². The molecule has 3 aromatic rings. The normalized spacial score (nSPS) is 10.7. The van der Waals surface area contributed by atoms with E-state index >= 15 is 0 Å². The van der Waals surface area contributed by atoms with Crippen LogP contribution in [-0.2, 0) is 11.3 Å². The maximum atomic E-state index is 12.8. The van der Waals surface area contributed by atoms with Crippen molar-refractivity contribution in [2.75, 3.05) is 26.6 Å². The van der Waals surface area contributed by atoms with Crippen molar-refractivity contribution in [1.29, 1.82) is 0 Å². The molecule has 130 valence electrons.